The summed E-state index contributed by atoms with van der Waals surface area (Å²) in [6.07, 6.45) is 10.0. The zero-order valence-corrected chi connectivity index (χ0v) is 17.6. The molecule has 3 aromatic heterocycles. The lowest BCUT2D eigenvalue weighted by Crippen LogP contribution is -2.10. The first kappa shape index (κ1) is 21.3. The van der Waals surface area contributed by atoms with Crippen LogP contribution in [-0.2, 0) is 9.53 Å². The SMILES string of the molecule is COC1=CC=C(c2nn(-c3cc(C)ncc3C)cc2-c2ncn[nH]2)C(Cl)C1.NC=O. The Hall–Kier alpha value is -3.46. The van der Waals surface area contributed by atoms with Gasteiger partial charge in [-0.2, -0.15) is 10.2 Å². The number of halogens is 1. The predicted molar refractivity (Wildman–Crippen MR) is 114 cm³/mol. The minimum atomic E-state index is -0.241. The molecule has 10 heteroatoms. The number of aromatic amines is 1. The molecule has 1 aliphatic rings. The minimum Gasteiger partial charge on any atom is -0.501 e. The van der Waals surface area contributed by atoms with Crippen LogP contribution in [0.5, 0.6) is 0 Å². The first-order valence-corrected chi connectivity index (χ1v) is 9.55. The first-order valence-electron chi connectivity index (χ1n) is 9.12. The van der Waals surface area contributed by atoms with Crippen molar-refractivity contribution in [3.05, 3.63) is 59.6 Å². The lowest BCUT2D eigenvalue weighted by Gasteiger charge is -2.18. The van der Waals surface area contributed by atoms with Crippen molar-refractivity contribution in [2.24, 2.45) is 5.73 Å². The molecule has 0 saturated heterocycles. The van der Waals surface area contributed by atoms with Crippen LogP contribution in [0.25, 0.3) is 22.6 Å². The Morgan fingerprint density at radius 2 is 2.10 bits per heavy atom. The van der Waals surface area contributed by atoms with Crippen molar-refractivity contribution in [1.82, 2.24) is 29.9 Å². The summed E-state index contributed by atoms with van der Waals surface area (Å²) in [7, 11) is 1.65. The van der Waals surface area contributed by atoms with Crippen molar-refractivity contribution in [3.63, 3.8) is 0 Å². The predicted octanol–water partition coefficient (Wildman–Crippen LogP) is 2.70. The Labute approximate surface area is 178 Å². The quantitative estimate of drug-likeness (QED) is 0.487. The van der Waals surface area contributed by atoms with Gasteiger partial charge in [-0.25, -0.2) is 9.67 Å². The fraction of sp³-hybridized carbons (Fsp3) is 0.250. The molecule has 1 unspecified atom stereocenters. The number of hydrogen-bond donors (Lipinski definition) is 2. The number of rotatable bonds is 4. The Balaban J connectivity index is 0.000000806. The van der Waals surface area contributed by atoms with Crippen LogP contribution in [0.15, 0.2) is 42.7 Å². The molecule has 3 heterocycles. The van der Waals surface area contributed by atoms with E-state index in [1.54, 1.807) is 7.11 Å². The van der Waals surface area contributed by atoms with E-state index in [2.05, 4.69) is 25.9 Å². The third kappa shape index (κ3) is 4.41. The number of nitrogens with one attached hydrogen (secondary N) is 1. The van der Waals surface area contributed by atoms with E-state index in [1.165, 1.54) is 6.33 Å². The molecular weight excluding hydrogens is 406 g/mol. The number of nitrogens with two attached hydrogens (primary N) is 1. The summed E-state index contributed by atoms with van der Waals surface area (Å²) in [4.78, 5) is 17.2. The van der Waals surface area contributed by atoms with E-state index in [4.69, 9.17) is 26.2 Å². The van der Waals surface area contributed by atoms with Crippen molar-refractivity contribution in [2.45, 2.75) is 25.6 Å². The Morgan fingerprint density at radius 1 is 1.33 bits per heavy atom. The van der Waals surface area contributed by atoms with Crippen LogP contribution in [0.4, 0.5) is 0 Å². The summed E-state index contributed by atoms with van der Waals surface area (Å²) < 4.78 is 7.17. The molecule has 1 aliphatic carbocycles. The number of hydrogen-bond acceptors (Lipinski definition) is 6. The fourth-order valence-corrected chi connectivity index (χ4v) is 3.43. The van der Waals surface area contributed by atoms with Crippen molar-refractivity contribution in [3.8, 4) is 17.1 Å². The summed E-state index contributed by atoms with van der Waals surface area (Å²) in [6, 6.07) is 2.01. The standard InChI is InChI=1S/C19H19ClN6O.CH3NO/c1-11-8-21-12(2)6-17(11)26-9-15(19-22-10-23-24-19)18(25-26)14-5-4-13(27-3)7-16(14)20;2-1-3/h4-6,8-10,16H,7H2,1-3H3,(H,22,23,24);1H,(H2,2,3). The second-order valence-corrected chi connectivity index (χ2v) is 7.08. The lowest BCUT2D eigenvalue weighted by molar-refractivity contribution is -0.106. The molecule has 3 N–H and O–H groups in total. The summed E-state index contributed by atoms with van der Waals surface area (Å²) in [6.45, 7) is 3.97. The maximum atomic E-state index is 8.58. The molecule has 156 valence electrons. The zero-order valence-electron chi connectivity index (χ0n) is 16.8. The minimum absolute atomic E-state index is 0.241. The molecule has 30 heavy (non-hydrogen) atoms. The fourth-order valence-electron chi connectivity index (χ4n) is 3.10. The third-order valence-electron chi connectivity index (χ3n) is 4.54. The highest BCUT2D eigenvalue weighted by Gasteiger charge is 2.26. The molecule has 0 aromatic carbocycles. The molecule has 1 amide bonds. The lowest BCUT2D eigenvalue weighted by atomic mass is 9.97. The van der Waals surface area contributed by atoms with Gasteiger partial charge in [-0.1, -0.05) is 6.08 Å². The number of allylic oxidation sites excluding steroid dienone is 4. The van der Waals surface area contributed by atoms with E-state index in [0.717, 1.165) is 39.5 Å². The second-order valence-electron chi connectivity index (χ2n) is 6.55. The number of nitrogens with zero attached hydrogens (tertiary/aromatic N) is 5. The highest BCUT2D eigenvalue weighted by Crippen LogP contribution is 2.35. The smallest absolute Gasteiger partial charge is 0.204 e. The number of pyridine rings is 1. The molecule has 0 spiro atoms. The molecule has 0 fully saturated rings. The van der Waals surface area contributed by atoms with Gasteiger partial charge in [0.05, 0.1) is 29.5 Å². The normalized spacial score (nSPS) is 15.5. The Morgan fingerprint density at radius 3 is 2.73 bits per heavy atom. The van der Waals surface area contributed by atoms with Crippen LogP contribution in [0, 0.1) is 13.8 Å². The Bertz CT molecular complexity index is 1090. The largest absolute Gasteiger partial charge is 0.501 e. The van der Waals surface area contributed by atoms with Crippen LogP contribution in [0.1, 0.15) is 23.4 Å². The number of methoxy groups -OCH3 is 1. The summed E-state index contributed by atoms with van der Waals surface area (Å²) >= 11 is 6.64. The van der Waals surface area contributed by atoms with Gasteiger partial charge in [0, 0.05) is 24.5 Å². The van der Waals surface area contributed by atoms with E-state index in [-0.39, 0.29) is 11.8 Å². The number of H-pyrrole nitrogens is 1. The van der Waals surface area contributed by atoms with Gasteiger partial charge in [-0.3, -0.25) is 14.9 Å². The molecule has 9 nitrogen and oxygen atoms in total. The molecule has 1 atom stereocenters. The van der Waals surface area contributed by atoms with Gasteiger partial charge >= 0.3 is 0 Å². The third-order valence-corrected chi connectivity index (χ3v) is 4.93. The van der Waals surface area contributed by atoms with Crippen LogP contribution < -0.4 is 5.73 Å². The van der Waals surface area contributed by atoms with E-state index >= 15 is 0 Å². The number of aromatic nitrogens is 6. The molecule has 0 radical (unpaired) electrons. The molecule has 0 bridgehead atoms. The number of carbonyl (C=O) groups is 1. The van der Waals surface area contributed by atoms with Gasteiger partial charge in [0.1, 0.15) is 12.0 Å². The van der Waals surface area contributed by atoms with Crippen LogP contribution in [-0.4, -0.2) is 48.8 Å². The average molecular weight is 428 g/mol. The summed E-state index contributed by atoms with van der Waals surface area (Å²) in [5.41, 5.74) is 9.62. The van der Waals surface area contributed by atoms with Crippen molar-refractivity contribution in [1.29, 1.82) is 0 Å². The number of alkyl halides is 1. The molecule has 4 rings (SSSR count). The maximum Gasteiger partial charge on any atom is 0.204 e. The van der Waals surface area contributed by atoms with Gasteiger partial charge in [0.15, 0.2) is 5.82 Å². The van der Waals surface area contributed by atoms with Crippen LogP contribution in [0.3, 0.4) is 0 Å². The summed E-state index contributed by atoms with van der Waals surface area (Å²) in [5, 5.41) is 11.5. The molecule has 0 aliphatic heterocycles. The highest BCUT2D eigenvalue weighted by atomic mass is 35.5. The van der Waals surface area contributed by atoms with Crippen LogP contribution >= 0.6 is 11.6 Å². The van der Waals surface area contributed by atoms with E-state index in [0.29, 0.717) is 12.2 Å². The maximum absolute atomic E-state index is 8.58. The molecule has 0 saturated carbocycles. The van der Waals surface area contributed by atoms with Gasteiger partial charge in [-0.05, 0) is 37.1 Å². The average Bonchev–Trinajstić information content (AvgIpc) is 3.40. The summed E-state index contributed by atoms with van der Waals surface area (Å²) in [5.74, 6) is 1.49. The number of amides is 1. The van der Waals surface area contributed by atoms with Crippen molar-refractivity contribution < 1.29 is 9.53 Å². The number of ether oxygens (including phenoxy) is 1. The molecule has 3 aromatic rings. The highest BCUT2D eigenvalue weighted by molar-refractivity contribution is 6.27. The molecular formula is C20H22ClN7O2. The van der Waals surface area contributed by atoms with Gasteiger partial charge in [0.2, 0.25) is 6.41 Å². The van der Waals surface area contributed by atoms with Crippen LogP contribution in [0.2, 0.25) is 0 Å². The Kier molecular flexibility index (Phi) is 6.63. The number of aryl methyl sites for hydroxylation is 2. The zero-order chi connectivity index (χ0) is 21.7. The second kappa shape index (κ2) is 9.36. The van der Waals surface area contributed by atoms with E-state index in [1.807, 2.05) is 49.1 Å². The van der Waals surface area contributed by atoms with Crippen molar-refractivity contribution in [2.75, 3.05) is 7.11 Å². The number of carbonyl (C=O) groups excluding carboxylic acids is 1. The first-order chi connectivity index (χ1) is 14.5. The van der Waals surface area contributed by atoms with E-state index < -0.39 is 0 Å². The van der Waals surface area contributed by atoms with Crippen molar-refractivity contribution >= 4 is 23.6 Å². The van der Waals surface area contributed by atoms with Gasteiger partial charge < -0.3 is 10.5 Å². The topological polar surface area (TPSA) is 125 Å². The van der Waals surface area contributed by atoms with Gasteiger partial charge in [-0.15, -0.1) is 11.6 Å². The monoisotopic (exact) mass is 427 g/mol. The van der Waals surface area contributed by atoms with Gasteiger partial charge in [0.25, 0.3) is 0 Å². The van der Waals surface area contributed by atoms with E-state index in [9.17, 15) is 0 Å². The number of primary amides is 1.